The molecule has 0 bridgehead atoms. The Morgan fingerprint density at radius 3 is 2.10 bits per heavy atom. The maximum Gasteiger partial charge on any atom is 0.124 e. The van der Waals surface area contributed by atoms with Crippen LogP contribution in [0.15, 0.2) is 46.9 Å². The van der Waals surface area contributed by atoms with Crippen LogP contribution in [0.2, 0.25) is 0 Å². The number of hydrogen-bond donors (Lipinski definition) is 1. The molecule has 1 unspecified atom stereocenters. The van der Waals surface area contributed by atoms with Crippen LogP contribution in [0.4, 0.5) is 5.69 Å². The van der Waals surface area contributed by atoms with Crippen LogP contribution in [0.3, 0.4) is 0 Å². The molecule has 0 aliphatic rings. The highest BCUT2D eigenvalue weighted by atomic mass is 79.9. The van der Waals surface area contributed by atoms with Crippen molar-refractivity contribution in [3.8, 4) is 11.5 Å². The molecule has 0 aliphatic heterocycles. The molecule has 0 fully saturated rings. The molecule has 2 rings (SSSR count). The Labute approximate surface area is 134 Å². The van der Waals surface area contributed by atoms with E-state index in [1.165, 1.54) is 5.56 Å². The van der Waals surface area contributed by atoms with Gasteiger partial charge in [-0.25, -0.2) is 0 Å². The fourth-order valence-corrected chi connectivity index (χ4v) is 2.46. The Kier molecular flexibility index (Phi) is 5.51. The summed E-state index contributed by atoms with van der Waals surface area (Å²) in [6.07, 6.45) is 0.951. The minimum Gasteiger partial charge on any atom is -0.497 e. The van der Waals surface area contributed by atoms with Crippen LogP contribution < -0.4 is 14.8 Å². The van der Waals surface area contributed by atoms with Gasteiger partial charge in [-0.05, 0) is 31.0 Å². The van der Waals surface area contributed by atoms with Crippen LogP contribution in [-0.2, 0) is 6.42 Å². The summed E-state index contributed by atoms with van der Waals surface area (Å²) in [7, 11) is 3.31. The maximum absolute atomic E-state index is 5.29. The third-order valence-electron chi connectivity index (χ3n) is 3.22. The molecule has 0 aromatic heterocycles. The van der Waals surface area contributed by atoms with Gasteiger partial charge in [0, 0.05) is 34.4 Å². The molecule has 1 N–H and O–H groups in total. The Morgan fingerprint density at radius 2 is 1.57 bits per heavy atom. The number of hydrogen-bond acceptors (Lipinski definition) is 3. The monoisotopic (exact) mass is 349 g/mol. The molecule has 0 aliphatic carbocycles. The lowest BCUT2D eigenvalue weighted by molar-refractivity contribution is 0.394. The predicted octanol–water partition coefficient (Wildman–Crippen LogP) is 4.51. The minimum atomic E-state index is 0.308. The summed E-state index contributed by atoms with van der Waals surface area (Å²) in [5, 5.41) is 3.48. The van der Waals surface area contributed by atoms with E-state index in [-0.39, 0.29) is 0 Å². The minimum absolute atomic E-state index is 0.308. The highest BCUT2D eigenvalue weighted by molar-refractivity contribution is 9.10. The first-order chi connectivity index (χ1) is 10.1. The Morgan fingerprint density at radius 1 is 1.00 bits per heavy atom. The van der Waals surface area contributed by atoms with Gasteiger partial charge in [0.15, 0.2) is 0 Å². The van der Waals surface area contributed by atoms with Crippen LogP contribution in [0.25, 0.3) is 0 Å². The number of nitrogens with one attached hydrogen (secondary N) is 1. The third-order valence-corrected chi connectivity index (χ3v) is 3.75. The SMILES string of the molecule is COc1cc(NC(C)Cc2ccc(Br)cc2)cc(OC)c1. The van der Waals surface area contributed by atoms with E-state index in [1.807, 2.05) is 18.2 Å². The fourth-order valence-electron chi connectivity index (χ4n) is 2.20. The van der Waals surface area contributed by atoms with Crippen molar-refractivity contribution in [3.63, 3.8) is 0 Å². The Hall–Kier alpha value is -1.68. The van der Waals surface area contributed by atoms with Crippen molar-refractivity contribution >= 4 is 21.6 Å². The van der Waals surface area contributed by atoms with Gasteiger partial charge in [-0.2, -0.15) is 0 Å². The second-order valence-electron chi connectivity index (χ2n) is 4.98. The van der Waals surface area contributed by atoms with Gasteiger partial charge >= 0.3 is 0 Å². The van der Waals surface area contributed by atoms with E-state index in [9.17, 15) is 0 Å². The summed E-state index contributed by atoms with van der Waals surface area (Å²) in [6.45, 7) is 2.16. The summed E-state index contributed by atoms with van der Waals surface area (Å²) >= 11 is 3.45. The summed E-state index contributed by atoms with van der Waals surface area (Å²) < 4.78 is 11.7. The Balaban J connectivity index is 2.04. The number of ether oxygens (including phenoxy) is 2. The summed E-state index contributed by atoms with van der Waals surface area (Å²) in [6, 6.07) is 14.5. The van der Waals surface area contributed by atoms with E-state index >= 15 is 0 Å². The van der Waals surface area contributed by atoms with E-state index in [0.717, 1.165) is 28.1 Å². The van der Waals surface area contributed by atoms with Crippen molar-refractivity contribution in [2.24, 2.45) is 0 Å². The first kappa shape index (κ1) is 15.7. The number of benzene rings is 2. The average Bonchev–Trinajstić information content (AvgIpc) is 2.49. The quantitative estimate of drug-likeness (QED) is 0.832. The summed E-state index contributed by atoms with van der Waals surface area (Å²) in [5.74, 6) is 1.57. The molecule has 0 saturated heterocycles. The van der Waals surface area contributed by atoms with Gasteiger partial charge in [-0.3, -0.25) is 0 Å². The second kappa shape index (κ2) is 7.36. The smallest absolute Gasteiger partial charge is 0.124 e. The van der Waals surface area contributed by atoms with Crippen molar-refractivity contribution in [2.45, 2.75) is 19.4 Å². The molecule has 3 nitrogen and oxygen atoms in total. The van der Waals surface area contributed by atoms with Gasteiger partial charge in [-0.1, -0.05) is 28.1 Å². The summed E-state index contributed by atoms with van der Waals surface area (Å²) in [4.78, 5) is 0. The number of anilines is 1. The predicted molar refractivity (Wildman–Crippen MR) is 90.5 cm³/mol. The van der Waals surface area contributed by atoms with Gasteiger partial charge in [0.1, 0.15) is 11.5 Å². The van der Waals surface area contributed by atoms with Crippen molar-refractivity contribution in [3.05, 3.63) is 52.5 Å². The first-order valence-electron chi connectivity index (χ1n) is 6.84. The molecule has 21 heavy (non-hydrogen) atoms. The molecule has 0 saturated carbocycles. The normalized spacial score (nSPS) is 11.8. The lowest BCUT2D eigenvalue weighted by atomic mass is 10.1. The van der Waals surface area contributed by atoms with Crippen molar-refractivity contribution in [1.29, 1.82) is 0 Å². The zero-order valence-electron chi connectivity index (χ0n) is 12.5. The molecular formula is C17H20BrNO2. The van der Waals surface area contributed by atoms with Gasteiger partial charge < -0.3 is 14.8 Å². The van der Waals surface area contributed by atoms with Gasteiger partial charge in [0.2, 0.25) is 0 Å². The Bertz CT molecular complexity index is 562. The van der Waals surface area contributed by atoms with Crippen LogP contribution in [-0.4, -0.2) is 20.3 Å². The van der Waals surface area contributed by atoms with Crippen molar-refractivity contribution in [1.82, 2.24) is 0 Å². The van der Waals surface area contributed by atoms with Gasteiger partial charge in [0.25, 0.3) is 0 Å². The zero-order valence-corrected chi connectivity index (χ0v) is 14.1. The van der Waals surface area contributed by atoms with E-state index in [2.05, 4.69) is 52.4 Å². The molecule has 0 radical (unpaired) electrons. The lowest BCUT2D eigenvalue weighted by Gasteiger charge is -2.17. The largest absolute Gasteiger partial charge is 0.497 e. The molecule has 2 aromatic carbocycles. The first-order valence-corrected chi connectivity index (χ1v) is 7.64. The lowest BCUT2D eigenvalue weighted by Crippen LogP contribution is -2.18. The van der Waals surface area contributed by atoms with Crippen molar-refractivity contribution < 1.29 is 9.47 Å². The third kappa shape index (κ3) is 4.67. The van der Waals surface area contributed by atoms with E-state index in [0.29, 0.717) is 6.04 Å². The van der Waals surface area contributed by atoms with Crippen LogP contribution >= 0.6 is 15.9 Å². The highest BCUT2D eigenvalue weighted by Crippen LogP contribution is 2.26. The summed E-state index contributed by atoms with van der Waals surface area (Å²) in [5.41, 5.74) is 2.30. The van der Waals surface area contributed by atoms with Crippen LogP contribution in [0.1, 0.15) is 12.5 Å². The van der Waals surface area contributed by atoms with Gasteiger partial charge in [0.05, 0.1) is 14.2 Å². The number of rotatable bonds is 6. The highest BCUT2D eigenvalue weighted by Gasteiger charge is 2.07. The van der Waals surface area contributed by atoms with Gasteiger partial charge in [-0.15, -0.1) is 0 Å². The second-order valence-corrected chi connectivity index (χ2v) is 5.89. The average molecular weight is 350 g/mol. The zero-order chi connectivity index (χ0) is 15.2. The topological polar surface area (TPSA) is 30.5 Å². The molecular weight excluding hydrogens is 330 g/mol. The van der Waals surface area contributed by atoms with E-state index < -0.39 is 0 Å². The standard InChI is InChI=1S/C17H20BrNO2/c1-12(8-13-4-6-14(18)7-5-13)19-15-9-16(20-2)11-17(10-15)21-3/h4-7,9-12,19H,8H2,1-3H3. The molecule has 112 valence electrons. The van der Waals surface area contributed by atoms with Crippen LogP contribution in [0.5, 0.6) is 11.5 Å². The fraction of sp³-hybridized carbons (Fsp3) is 0.294. The van der Waals surface area contributed by atoms with E-state index in [4.69, 9.17) is 9.47 Å². The number of halogens is 1. The number of methoxy groups -OCH3 is 2. The molecule has 1 atom stereocenters. The van der Waals surface area contributed by atoms with Crippen molar-refractivity contribution in [2.75, 3.05) is 19.5 Å². The molecule has 4 heteroatoms. The maximum atomic E-state index is 5.29. The molecule has 0 spiro atoms. The van der Waals surface area contributed by atoms with Crippen LogP contribution in [0, 0.1) is 0 Å². The van der Waals surface area contributed by atoms with E-state index in [1.54, 1.807) is 14.2 Å². The molecule has 0 amide bonds. The molecule has 2 aromatic rings. The molecule has 0 heterocycles.